The fraction of sp³-hybridized carbons (Fsp3) is 0.714. The summed E-state index contributed by atoms with van der Waals surface area (Å²) in [5.74, 6) is 0.616. The molecule has 7 heteroatoms. The van der Waals surface area contributed by atoms with Crippen LogP contribution < -0.4 is 0 Å². The maximum atomic E-state index is 10.6. The predicted octanol–water partition coefficient (Wildman–Crippen LogP) is 0.545. The Morgan fingerprint density at radius 1 is 1.79 bits per heavy atom. The molecular weight excluding hydrogens is 224 g/mol. The lowest BCUT2D eigenvalue weighted by molar-refractivity contribution is -0.427. The van der Waals surface area contributed by atoms with Crippen molar-refractivity contribution < 1.29 is 10.0 Å². The number of hydrogen-bond acceptors (Lipinski definition) is 6. The van der Waals surface area contributed by atoms with E-state index in [9.17, 15) is 10.1 Å². The van der Waals surface area contributed by atoms with Gasteiger partial charge in [0.1, 0.15) is 0 Å². The summed E-state index contributed by atoms with van der Waals surface area (Å²) >= 11 is 0. The van der Waals surface area contributed by atoms with Gasteiger partial charge in [-0.15, -0.1) is 0 Å². The smallest absolute Gasteiger partial charge is 0.271 e. The first-order valence-corrected chi connectivity index (χ1v) is 6.63. The van der Waals surface area contributed by atoms with Gasteiger partial charge in [-0.05, 0) is 0 Å². The van der Waals surface area contributed by atoms with Gasteiger partial charge in [0.05, 0.1) is 11.5 Å². The minimum atomic E-state index is -0.302. The molecule has 2 rings (SSSR count). The maximum absolute atomic E-state index is 10.6. The number of nitro groups is 1. The Morgan fingerprint density at radius 2 is 2.57 bits per heavy atom. The van der Waals surface area contributed by atoms with Crippen molar-refractivity contribution in [3.63, 3.8) is 0 Å². The molecule has 0 spiro atoms. The highest BCUT2D eigenvalue weighted by Gasteiger charge is 2.51. The lowest BCUT2D eigenvalue weighted by atomic mass is 10.4. The Hall–Kier alpha value is -0.240. The molecule has 2 aliphatic rings. The van der Waals surface area contributed by atoms with Crippen molar-refractivity contribution in [3.8, 4) is 0 Å². The third-order valence-electron chi connectivity index (χ3n) is 2.15. The van der Waals surface area contributed by atoms with E-state index in [1.807, 2.05) is 0 Å². The Labute approximate surface area is 89.1 Å². The molecule has 3 atom stereocenters. The van der Waals surface area contributed by atoms with Crippen LogP contribution in [0.15, 0.2) is 11.8 Å². The van der Waals surface area contributed by atoms with E-state index in [0.29, 0.717) is 17.5 Å². The molecular formula is C7H10N2O3S2. The lowest BCUT2D eigenvalue weighted by Crippen LogP contribution is -2.18. The van der Waals surface area contributed by atoms with Gasteiger partial charge in [0.15, 0.2) is 5.37 Å². The summed E-state index contributed by atoms with van der Waals surface area (Å²) in [5, 5.41) is 19.1. The van der Waals surface area contributed by atoms with Crippen LogP contribution in [0.1, 0.15) is 0 Å². The topological polar surface area (TPSA) is 66.4 Å². The molecule has 0 aliphatic carbocycles. The average molecular weight is 234 g/mol. The standard InChI is InChI=1S/C7H10N2O3S2/c10-1-2-13-14-7-6(9(11)12)3-5-4-8(5)7/h3,5,7,10H,1-2,4H2. The molecule has 0 amide bonds. The minimum absolute atomic E-state index is 0.116. The van der Waals surface area contributed by atoms with Gasteiger partial charge in [0, 0.05) is 24.4 Å². The Morgan fingerprint density at radius 3 is 3.21 bits per heavy atom. The van der Waals surface area contributed by atoms with Crippen molar-refractivity contribution in [1.29, 1.82) is 0 Å². The first kappa shape index (κ1) is 10.3. The summed E-state index contributed by atoms with van der Waals surface area (Å²) in [4.78, 5) is 12.4. The summed E-state index contributed by atoms with van der Waals surface area (Å²) in [5.41, 5.74) is 0.302. The van der Waals surface area contributed by atoms with Gasteiger partial charge in [-0.25, -0.2) is 0 Å². The fourth-order valence-corrected chi connectivity index (χ4v) is 3.88. The second-order valence-electron chi connectivity index (χ2n) is 3.11. The van der Waals surface area contributed by atoms with Gasteiger partial charge in [0.25, 0.3) is 5.70 Å². The zero-order valence-electron chi connectivity index (χ0n) is 7.33. The van der Waals surface area contributed by atoms with Crippen LogP contribution in [0.25, 0.3) is 0 Å². The molecule has 0 bridgehead atoms. The molecule has 3 unspecified atom stereocenters. The van der Waals surface area contributed by atoms with Crippen LogP contribution in [0.2, 0.25) is 0 Å². The van der Waals surface area contributed by atoms with Crippen LogP contribution in [-0.4, -0.2) is 45.2 Å². The van der Waals surface area contributed by atoms with Gasteiger partial charge in [-0.3, -0.25) is 15.0 Å². The van der Waals surface area contributed by atoms with Crippen LogP contribution in [0.3, 0.4) is 0 Å². The number of aliphatic hydroxyl groups is 1. The summed E-state index contributed by atoms with van der Waals surface area (Å²) in [6.45, 7) is 1.06. The van der Waals surface area contributed by atoms with Gasteiger partial charge in [-0.1, -0.05) is 21.6 Å². The zero-order valence-corrected chi connectivity index (χ0v) is 8.96. The maximum Gasteiger partial charge on any atom is 0.271 e. The van der Waals surface area contributed by atoms with E-state index in [4.69, 9.17) is 5.11 Å². The number of fused-ring (bicyclic) bond motifs is 1. The third-order valence-corrected chi connectivity index (χ3v) is 4.79. The fourth-order valence-electron chi connectivity index (χ4n) is 1.44. The predicted molar refractivity (Wildman–Crippen MR) is 56.5 cm³/mol. The second-order valence-corrected chi connectivity index (χ2v) is 5.67. The summed E-state index contributed by atoms with van der Waals surface area (Å²) < 4.78 is 0. The second kappa shape index (κ2) is 4.09. The molecule has 1 fully saturated rings. The molecule has 14 heavy (non-hydrogen) atoms. The highest BCUT2D eigenvalue weighted by atomic mass is 33.1. The minimum Gasteiger partial charge on any atom is -0.395 e. The van der Waals surface area contributed by atoms with E-state index in [2.05, 4.69) is 4.90 Å². The van der Waals surface area contributed by atoms with Crippen LogP contribution in [0.5, 0.6) is 0 Å². The normalized spacial score (nSPS) is 33.8. The first-order chi connectivity index (χ1) is 6.74. The molecule has 1 N–H and O–H groups in total. The van der Waals surface area contributed by atoms with Crippen molar-refractivity contribution in [2.75, 3.05) is 18.9 Å². The largest absolute Gasteiger partial charge is 0.395 e. The molecule has 0 aromatic rings. The Balaban J connectivity index is 1.90. The Bertz CT molecular complexity index is 284. The van der Waals surface area contributed by atoms with Crippen LogP contribution in [0, 0.1) is 10.1 Å². The molecule has 2 aliphatic heterocycles. The quantitative estimate of drug-likeness (QED) is 0.246. The van der Waals surface area contributed by atoms with E-state index in [-0.39, 0.29) is 16.9 Å². The molecule has 0 saturated carbocycles. The molecule has 0 aromatic heterocycles. The molecule has 2 heterocycles. The van der Waals surface area contributed by atoms with E-state index >= 15 is 0 Å². The Kier molecular flexibility index (Phi) is 3.01. The van der Waals surface area contributed by atoms with Gasteiger partial charge in [-0.2, -0.15) is 0 Å². The van der Waals surface area contributed by atoms with Crippen LogP contribution in [0.4, 0.5) is 0 Å². The third kappa shape index (κ3) is 1.90. The highest BCUT2D eigenvalue weighted by Crippen LogP contribution is 2.44. The van der Waals surface area contributed by atoms with E-state index in [0.717, 1.165) is 6.54 Å². The van der Waals surface area contributed by atoms with Crippen molar-refractivity contribution >= 4 is 21.6 Å². The molecule has 0 aromatic carbocycles. The van der Waals surface area contributed by atoms with Crippen LogP contribution in [-0.2, 0) is 0 Å². The summed E-state index contributed by atoms with van der Waals surface area (Å²) in [6, 6.07) is 0.294. The van der Waals surface area contributed by atoms with Crippen LogP contribution >= 0.6 is 21.6 Å². The van der Waals surface area contributed by atoms with E-state index < -0.39 is 0 Å². The number of nitrogens with zero attached hydrogens (tertiary/aromatic N) is 2. The van der Waals surface area contributed by atoms with Crippen molar-refractivity contribution in [2.45, 2.75) is 11.4 Å². The van der Waals surface area contributed by atoms with E-state index in [1.54, 1.807) is 6.08 Å². The van der Waals surface area contributed by atoms with E-state index in [1.165, 1.54) is 21.6 Å². The highest BCUT2D eigenvalue weighted by molar-refractivity contribution is 8.77. The monoisotopic (exact) mass is 234 g/mol. The zero-order chi connectivity index (χ0) is 10.1. The van der Waals surface area contributed by atoms with Crippen molar-refractivity contribution in [2.24, 2.45) is 0 Å². The number of hydrogen-bond donors (Lipinski definition) is 1. The summed E-state index contributed by atoms with van der Waals surface area (Å²) in [7, 11) is 2.95. The van der Waals surface area contributed by atoms with Crippen molar-refractivity contribution in [1.82, 2.24) is 4.90 Å². The van der Waals surface area contributed by atoms with Gasteiger partial charge < -0.3 is 5.11 Å². The molecule has 78 valence electrons. The van der Waals surface area contributed by atoms with Crippen molar-refractivity contribution in [3.05, 3.63) is 21.9 Å². The molecule has 5 nitrogen and oxygen atoms in total. The number of rotatable bonds is 5. The lowest BCUT2D eigenvalue weighted by Gasteiger charge is -2.10. The molecule has 1 saturated heterocycles. The van der Waals surface area contributed by atoms with Gasteiger partial charge in [0.2, 0.25) is 0 Å². The number of aliphatic hydroxyl groups excluding tert-OH is 1. The first-order valence-electron chi connectivity index (χ1n) is 4.25. The van der Waals surface area contributed by atoms with Gasteiger partial charge >= 0.3 is 0 Å². The molecule has 0 radical (unpaired) electrons. The summed E-state index contributed by atoms with van der Waals surface area (Å²) in [6.07, 6.45) is 1.73. The average Bonchev–Trinajstić information content (AvgIpc) is 2.82. The SMILES string of the molecule is O=[N+]([O-])C1=CC2CN2C1SSCCO.